The first-order chi connectivity index (χ1) is 21.4. The zero-order chi connectivity index (χ0) is 33.1. The molecule has 0 aliphatic carbocycles. The smallest absolute Gasteiger partial charge is 0.228 e. The van der Waals surface area contributed by atoms with Crippen LogP contribution in [0.25, 0.3) is 16.9 Å². The van der Waals surface area contributed by atoms with Crippen LogP contribution in [-0.4, -0.2) is 22.2 Å². The maximum absolute atomic E-state index is 12.9. The molecule has 6 nitrogen and oxygen atoms in total. The number of carbonyl (C=O) groups is 3. The Morgan fingerprint density at radius 3 is 2.00 bits per heavy atom. The summed E-state index contributed by atoms with van der Waals surface area (Å²) in [5.74, 6) is -0.947. The number of ketones is 1. The average Bonchev–Trinajstić information content (AvgIpc) is 3.37. The van der Waals surface area contributed by atoms with Crippen molar-refractivity contribution in [3.05, 3.63) is 112 Å². The molecule has 0 unspecified atom stereocenters. The van der Waals surface area contributed by atoms with Crippen LogP contribution >= 0.6 is 11.6 Å². The highest BCUT2D eigenvalue weighted by Crippen LogP contribution is 2.35. The highest BCUT2D eigenvalue weighted by Gasteiger charge is 2.36. The SMILES string of the molecule is CC(=O)c1cc(-c2ccccc2C)n(-c2ccc(Cl)cc2)c1CCCC(N)=O.CCCC(CCC)(C(N)=O)c1ccc(F)cc1. The zero-order valence-electron chi connectivity index (χ0n) is 26.5. The van der Waals surface area contributed by atoms with Gasteiger partial charge in [0.25, 0.3) is 0 Å². The molecular formula is C37H43ClFN3O3. The third-order valence-corrected chi connectivity index (χ3v) is 8.30. The summed E-state index contributed by atoms with van der Waals surface area (Å²) < 4.78 is 15.0. The van der Waals surface area contributed by atoms with Crippen LogP contribution < -0.4 is 11.5 Å². The number of halogens is 2. The van der Waals surface area contributed by atoms with Crippen LogP contribution in [-0.2, 0) is 21.4 Å². The molecule has 0 radical (unpaired) electrons. The van der Waals surface area contributed by atoms with Crippen molar-refractivity contribution in [1.29, 1.82) is 0 Å². The number of hydrogen-bond donors (Lipinski definition) is 2. The van der Waals surface area contributed by atoms with Crippen LogP contribution in [0.15, 0.2) is 78.9 Å². The molecule has 0 aliphatic rings. The molecule has 4 rings (SSSR count). The fourth-order valence-electron chi connectivity index (χ4n) is 5.90. The molecule has 1 heterocycles. The summed E-state index contributed by atoms with van der Waals surface area (Å²) in [6.45, 7) is 7.67. The summed E-state index contributed by atoms with van der Waals surface area (Å²) in [6, 6.07) is 23.7. The Hall–Kier alpha value is -4.23. The number of primary amides is 2. The number of hydrogen-bond acceptors (Lipinski definition) is 3. The van der Waals surface area contributed by atoms with Crippen molar-refractivity contribution < 1.29 is 18.8 Å². The van der Waals surface area contributed by atoms with Gasteiger partial charge in [0, 0.05) is 34.0 Å². The normalized spacial score (nSPS) is 11.1. The Labute approximate surface area is 270 Å². The van der Waals surface area contributed by atoms with E-state index >= 15 is 0 Å². The van der Waals surface area contributed by atoms with Gasteiger partial charge in [-0.05, 0) is 93.1 Å². The second-order valence-electron chi connectivity index (χ2n) is 11.3. The van der Waals surface area contributed by atoms with Gasteiger partial charge in [-0.15, -0.1) is 0 Å². The Morgan fingerprint density at radius 1 is 0.889 bits per heavy atom. The molecule has 1 aromatic heterocycles. The van der Waals surface area contributed by atoms with Crippen LogP contribution in [0, 0.1) is 12.7 Å². The van der Waals surface area contributed by atoms with Gasteiger partial charge < -0.3 is 16.0 Å². The molecule has 0 fully saturated rings. The number of benzene rings is 3. The third-order valence-electron chi connectivity index (χ3n) is 8.05. The van der Waals surface area contributed by atoms with E-state index in [4.69, 9.17) is 23.1 Å². The van der Waals surface area contributed by atoms with Crippen LogP contribution in [0.2, 0.25) is 5.02 Å². The van der Waals surface area contributed by atoms with Gasteiger partial charge in [0.15, 0.2) is 5.78 Å². The number of aromatic nitrogens is 1. The lowest BCUT2D eigenvalue weighted by molar-refractivity contribution is -0.124. The molecule has 8 heteroatoms. The lowest BCUT2D eigenvalue weighted by Gasteiger charge is -2.30. The highest BCUT2D eigenvalue weighted by atomic mass is 35.5. The topological polar surface area (TPSA) is 108 Å². The molecule has 0 bridgehead atoms. The van der Waals surface area contributed by atoms with E-state index in [-0.39, 0.29) is 29.8 Å². The summed E-state index contributed by atoms with van der Waals surface area (Å²) in [4.78, 5) is 35.4. The first-order valence-electron chi connectivity index (χ1n) is 15.4. The van der Waals surface area contributed by atoms with Gasteiger partial charge in [-0.1, -0.05) is 74.7 Å². The molecule has 0 saturated carbocycles. The van der Waals surface area contributed by atoms with Crippen molar-refractivity contribution in [1.82, 2.24) is 4.57 Å². The average molecular weight is 632 g/mol. The number of aryl methyl sites for hydroxylation is 1. The van der Waals surface area contributed by atoms with E-state index in [1.807, 2.05) is 62.4 Å². The summed E-state index contributed by atoms with van der Waals surface area (Å²) in [7, 11) is 0. The van der Waals surface area contributed by atoms with Crippen molar-refractivity contribution in [3.63, 3.8) is 0 Å². The summed E-state index contributed by atoms with van der Waals surface area (Å²) in [5, 5.41) is 0.649. The second kappa shape index (κ2) is 16.2. The van der Waals surface area contributed by atoms with Gasteiger partial charge in [-0.3, -0.25) is 14.4 Å². The van der Waals surface area contributed by atoms with E-state index in [1.165, 1.54) is 12.1 Å². The van der Waals surface area contributed by atoms with Gasteiger partial charge in [-0.25, -0.2) is 4.39 Å². The number of rotatable bonds is 13. The van der Waals surface area contributed by atoms with Gasteiger partial charge >= 0.3 is 0 Å². The molecule has 4 aromatic rings. The molecule has 0 aliphatic heterocycles. The molecular weight excluding hydrogens is 589 g/mol. The van der Waals surface area contributed by atoms with Crippen molar-refractivity contribution in [3.8, 4) is 16.9 Å². The predicted octanol–water partition coefficient (Wildman–Crippen LogP) is 8.27. The maximum Gasteiger partial charge on any atom is 0.228 e. The monoisotopic (exact) mass is 631 g/mol. The largest absolute Gasteiger partial charge is 0.370 e. The quantitative estimate of drug-likeness (QED) is 0.145. The van der Waals surface area contributed by atoms with Crippen LogP contribution in [0.1, 0.15) is 86.5 Å². The minimum Gasteiger partial charge on any atom is -0.370 e. The standard InChI is InChI=1S/C23H23ClN2O2.C14H20FNO/c1-15-6-3-4-7-19(15)22-14-20(16(2)27)21(8-5-9-23(25)28)26(22)18-12-10-17(24)11-13-18;1-3-9-14(10-4-2,13(16)17)11-5-7-12(15)8-6-11/h3-4,6-7,10-14H,5,8-9H2,1-2H3,(H2,25,28);5-8H,3-4,9-10H2,1-2H3,(H2,16,17). The number of carbonyl (C=O) groups excluding carboxylic acids is 3. The fraction of sp³-hybridized carbons (Fsp3) is 0.324. The van der Waals surface area contributed by atoms with E-state index in [2.05, 4.69) is 17.6 Å². The minimum atomic E-state index is -0.642. The molecule has 0 atom stereocenters. The molecule has 2 amide bonds. The Bertz CT molecular complexity index is 1610. The van der Waals surface area contributed by atoms with E-state index < -0.39 is 5.41 Å². The number of amides is 2. The molecule has 238 valence electrons. The van der Waals surface area contributed by atoms with Crippen molar-refractivity contribution >= 4 is 29.2 Å². The minimum absolute atomic E-state index is 0.00313. The number of Topliss-reactive ketones (excluding diaryl/α,β-unsaturated/α-hetero) is 1. The van der Waals surface area contributed by atoms with E-state index in [0.717, 1.165) is 46.6 Å². The van der Waals surface area contributed by atoms with Gasteiger partial charge in [0.1, 0.15) is 5.82 Å². The maximum atomic E-state index is 12.9. The first kappa shape index (κ1) is 35.3. The summed E-state index contributed by atoms with van der Waals surface area (Å²) >= 11 is 6.08. The van der Waals surface area contributed by atoms with Crippen molar-refractivity contribution in [2.24, 2.45) is 11.5 Å². The Balaban J connectivity index is 0.000000279. The van der Waals surface area contributed by atoms with Gasteiger partial charge in [-0.2, -0.15) is 0 Å². The fourth-order valence-corrected chi connectivity index (χ4v) is 6.03. The molecule has 0 spiro atoms. The summed E-state index contributed by atoms with van der Waals surface area (Å²) in [6.07, 6.45) is 4.61. The van der Waals surface area contributed by atoms with E-state index in [0.29, 0.717) is 36.3 Å². The van der Waals surface area contributed by atoms with Crippen molar-refractivity contribution in [2.45, 2.75) is 78.1 Å². The highest BCUT2D eigenvalue weighted by molar-refractivity contribution is 6.30. The second-order valence-corrected chi connectivity index (χ2v) is 11.8. The zero-order valence-corrected chi connectivity index (χ0v) is 27.3. The van der Waals surface area contributed by atoms with E-state index in [1.54, 1.807) is 19.1 Å². The van der Waals surface area contributed by atoms with Crippen LogP contribution in [0.4, 0.5) is 4.39 Å². The Kier molecular flexibility index (Phi) is 12.7. The van der Waals surface area contributed by atoms with Crippen LogP contribution in [0.5, 0.6) is 0 Å². The molecule has 3 aromatic carbocycles. The predicted molar refractivity (Wildman–Crippen MR) is 180 cm³/mol. The lowest BCUT2D eigenvalue weighted by atomic mass is 9.73. The van der Waals surface area contributed by atoms with Gasteiger partial charge in [0.05, 0.1) is 11.1 Å². The van der Waals surface area contributed by atoms with Crippen LogP contribution in [0.3, 0.4) is 0 Å². The lowest BCUT2D eigenvalue weighted by Crippen LogP contribution is -2.41. The number of nitrogens with zero attached hydrogens (tertiary/aromatic N) is 1. The number of nitrogens with two attached hydrogens (primary N) is 2. The van der Waals surface area contributed by atoms with E-state index in [9.17, 15) is 18.8 Å². The molecule has 45 heavy (non-hydrogen) atoms. The first-order valence-corrected chi connectivity index (χ1v) is 15.7. The summed E-state index contributed by atoms with van der Waals surface area (Å²) in [5.41, 5.74) is 16.7. The van der Waals surface area contributed by atoms with Crippen molar-refractivity contribution in [2.75, 3.05) is 0 Å². The Morgan fingerprint density at radius 2 is 1.49 bits per heavy atom. The third kappa shape index (κ3) is 8.70. The van der Waals surface area contributed by atoms with Gasteiger partial charge in [0.2, 0.25) is 11.8 Å². The molecule has 4 N–H and O–H groups in total. The molecule has 0 saturated heterocycles.